The van der Waals surface area contributed by atoms with Crippen LogP contribution in [0.2, 0.25) is 0 Å². The minimum atomic E-state index is -0.209. The number of anilines is 1. The van der Waals surface area contributed by atoms with Gasteiger partial charge in [-0.15, -0.1) is 0 Å². The van der Waals surface area contributed by atoms with Gasteiger partial charge < -0.3 is 10.2 Å². The highest BCUT2D eigenvalue weighted by Crippen LogP contribution is 2.35. The van der Waals surface area contributed by atoms with Gasteiger partial charge in [-0.05, 0) is 61.6 Å². The van der Waals surface area contributed by atoms with E-state index in [0.29, 0.717) is 22.5 Å². The highest BCUT2D eigenvalue weighted by atomic mass is 16.3. The lowest BCUT2D eigenvalue weighted by Gasteiger charge is -2.01. The van der Waals surface area contributed by atoms with E-state index >= 15 is 0 Å². The van der Waals surface area contributed by atoms with Crippen molar-refractivity contribution in [1.29, 1.82) is 0 Å². The molecule has 0 saturated heterocycles. The summed E-state index contributed by atoms with van der Waals surface area (Å²) in [6.45, 7) is 1.81. The van der Waals surface area contributed by atoms with E-state index in [1.165, 1.54) is 17.5 Å². The number of aromatic nitrogens is 1. The molecule has 1 aliphatic carbocycles. The highest BCUT2D eigenvalue weighted by Gasteiger charge is 2.23. The average molecular weight is 292 g/mol. The molecule has 22 heavy (non-hydrogen) atoms. The molecule has 2 heterocycles. The predicted molar refractivity (Wildman–Crippen MR) is 85.1 cm³/mol. The van der Waals surface area contributed by atoms with Gasteiger partial charge in [-0.3, -0.25) is 9.78 Å². The quantitative estimate of drug-likeness (QED) is 0.735. The number of hydrogen-bond acceptors (Lipinski definition) is 4. The van der Waals surface area contributed by atoms with Gasteiger partial charge >= 0.3 is 0 Å². The first-order valence-electron chi connectivity index (χ1n) is 7.45. The molecular formula is C18H16N2O2. The Bertz CT molecular complexity index is 909. The Morgan fingerprint density at radius 2 is 2.05 bits per heavy atom. The zero-order chi connectivity index (χ0) is 15.3. The SMILES string of the molecule is Cc1ncccc1C(=O)c1oc2cc3c(cc2c1N)CCC3. The topological polar surface area (TPSA) is 69.1 Å². The number of nitrogens with zero attached hydrogens (tertiary/aromatic N) is 1. The number of nitrogens with two attached hydrogens (primary N) is 1. The Hall–Kier alpha value is -2.62. The molecule has 4 rings (SSSR count). The fourth-order valence-electron chi connectivity index (χ4n) is 3.20. The molecule has 0 fully saturated rings. The number of aryl methyl sites for hydroxylation is 3. The number of furan rings is 1. The van der Waals surface area contributed by atoms with Gasteiger partial charge in [0.05, 0.1) is 5.69 Å². The zero-order valence-electron chi connectivity index (χ0n) is 12.3. The van der Waals surface area contributed by atoms with E-state index in [-0.39, 0.29) is 11.5 Å². The van der Waals surface area contributed by atoms with Crippen LogP contribution in [-0.2, 0) is 12.8 Å². The number of carbonyl (C=O) groups is 1. The second kappa shape index (κ2) is 4.70. The Morgan fingerprint density at radius 1 is 1.27 bits per heavy atom. The second-order valence-electron chi connectivity index (χ2n) is 5.78. The number of nitrogen functional groups attached to an aromatic ring is 1. The van der Waals surface area contributed by atoms with Crippen molar-refractivity contribution in [2.45, 2.75) is 26.2 Å². The lowest BCUT2D eigenvalue weighted by Crippen LogP contribution is -2.06. The van der Waals surface area contributed by atoms with Crippen molar-refractivity contribution < 1.29 is 9.21 Å². The highest BCUT2D eigenvalue weighted by molar-refractivity contribution is 6.14. The fraction of sp³-hybridized carbons (Fsp3) is 0.222. The molecule has 0 aliphatic heterocycles. The first-order valence-corrected chi connectivity index (χ1v) is 7.45. The summed E-state index contributed by atoms with van der Waals surface area (Å²) in [5.74, 6) is 0.00855. The minimum absolute atomic E-state index is 0.209. The molecule has 0 saturated carbocycles. The van der Waals surface area contributed by atoms with Crippen molar-refractivity contribution in [3.63, 3.8) is 0 Å². The maximum Gasteiger partial charge on any atom is 0.232 e. The fourth-order valence-corrected chi connectivity index (χ4v) is 3.20. The van der Waals surface area contributed by atoms with Gasteiger partial charge in [0.1, 0.15) is 5.58 Å². The lowest BCUT2D eigenvalue weighted by atomic mass is 10.0. The van der Waals surface area contributed by atoms with Crippen LogP contribution in [0, 0.1) is 6.92 Å². The summed E-state index contributed by atoms with van der Waals surface area (Å²) in [5, 5.41) is 0.838. The van der Waals surface area contributed by atoms with Crippen LogP contribution in [0.15, 0.2) is 34.9 Å². The molecule has 0 spiro atoms. The van der Waals surface area contributed by atoms with Crippen LogP contribution < -0.4 is 5.73 Å². The first-order chi connectivity index (χ1) is 10.6. The van der Waals surface area contributed by atoms with Crippen LogP contribution in [0.4, 0.5) is 5.69 Å². The molecular weight excluding hydrogens is 276 g/mol. The van der Waals surface area contributed by atoms with Crippen LogP contribution in [0.5, 0.6) is 0 Å². The van der Waals surface area contributed by atoms with Crippen LogP contribution in [0.25, 0.3) is 11.0 Å². The first kappa shape index (κ1) is 13.1. The van der Waals surface area contributed by atoms with E-state index in [1.807, 2.05) is 6.07 Å². The van der Waals surface area contributed by atoms with E-state index in [0.717, 1.165) is 18.2 Å². The molecule has 110 valence electrons. The van der Waals surface area contributed by atoms with Gasteiger partial charge in [0.2, 0.25) is 5.78 Å². The molecule has 0 unspecified atom stereocenters. The molecule has 1 aliphatic rings. The van der Waals surface area contributed by atoms with E-state index in [4.69, 9.17) is 10.2 Å². The Balaban J connectivity index is 1.88. The Labute approximate surface area is 128 Å². The van der Waals surface area contributed by atoms with E-state index in [9.17, 15) is 4.79 Å². The zero-order valence-corrected chi connectivity index (χ0v) is 12.3. The molecule has 4 heteroatoms. The Kier molecular flexibility index (Phi) is 2.79. The largest absolute Gasteiger partial charge is 0.450 e. The summed E-state index contributed by atoms with van der Waals surface area (Å²) < 4.78 is 5.79. The third kappa shape index (κ3) is 1.84. The maximum absolute atomic E-state index is 12.7. The number of ketones is 1. The second-order valence-corrected chi connectivity index (χ2v) is 5.78. The summed E-state index contributed by atoms with van der Waals surface area (Å²) in [5.41, 5.74) is 11.1. The standard InChI is InChI=1S/C18H16N2O2/c1-10-13(6-3-7-20-10)17(21)18-16(19)14-8-11-4-2-5-12(11)9-15(14)22-18/h3,6-9H,2,4-5,19H2,1H3. The monoisotopic (exact) mass is 292 g/mol. The van der Waals surface area contributed by atoms with Gasteiger partial charge in [0.15, 0.2) is 5.76 Å². The molecule has 1 aromatic carbocycles. The normalized spacial score (nSPS) is 13.5. The molecule has 0 radical (unpaired) electrons. The molecule has 3 aromatic rings. The van der Waals surface area contributed by atoms with E-state index in [1.54, 1.807) is 25.3 Å². The minimum Gasteiger partial charge on any atom is -0.450 e. The van der Waals surface area contributed by atoms with Gasteiger partial charge in [0, 0.05) is 22.8 Å². The number of benzene rings is 1. The third-order valence-electron chi connectivity index (χ3n) is 4.40. The summed E-state index contributed by atoms with van der Waals surface area (Å²) in [6.07, 6.45) is 4.97. The van der Waals surface area contributed by atoms with Crippen molar-refractivity contribution in [3.05, 3.63) is 58.6 Å². The summed E-state index contributed by atoms with van der Waals surface area (Å²) in [6, 6.07) is 7.59. The van der Waals surface area contributed by atoms with Gasteiger partial charge in [-0.25, -0.2) is 0 Å². The number of fused-ring (bicyclic) bond motifs is 2. The Morgan fingerprint density at radius 3 is 2.82 bits per heavy atom. The molecule has 0 bridgehead atoms. The lowest BCUT2D eigenvalue weighted by molar-refractivity contribution is 0.101. The van der Waals surface area contributed by atoms with Gasteiger partial charge in [-0.1, -0.05) is 0 Å². The molecule has 0 atom stereocenters. The average Bonchev–Trinajstić information content (AvgIpc) is 3.09. The van der Waals surface area contributed by atoms with Crippen molar-refractivity contribution in [1.82, 2.24) is 4.98 Å². The summed E-state index contributed by atoms with van der Waals surface area (Å²) >= 11 is 0. The van der Waals surface area contributed by atoms with Gasteiger partial charge in [0.25, 0.3) is 0 Å². The molecule has 2 N–H and O–H groups in total. The number of pyridine rings is 1. The van der Waals surface area contributed by atoms with Crippen molar-refractivity contribution >= 4 is 22.4 Å². The maximum atomic E-state index is 12.7. The number of carbonyl (C=O) groups excluding carboxylic acids is 1. The molecule has 0 amide bonds. The van der Waals surface area contributed by atoms with Crippen LogP contribution in [-0.4, -0.2) is 10.8 Å². The molecule has 2 aromatic heterocycles. The number of hydrogen-bond donors (Lipinski definition) is 1. The summed E-state index contributed by atoms with van der Waals surface area (Å²) in [4.78, 5) is 16.9. The van der Waals surface area contributed by atoms with Crippen LogP contribution in [0.3, 0.4) is 0 Å². The van der Waals surface area contributed by atoms with Crippen LogP contribution in [0.1, 0.15) is 39.4 Å². The van der Waals surface area contributed by atoms with Crippen molar-refractivity contribution in [2.75, 3.05) is 5.73 Å². The number of rotatable bonds is 2. The molecule has 4 nitrogen and oxygen atoms in total. The predicted octanol–water partition coefficient (Wildman–Crippen LogP) is 3.44. The van der Waals surface area contributed by atoms with E-state index in [2.05, 4.69) is 11.1 Å². The van der Waals surface area contributed by atoms with Crippen molar-refractivity contribution in [3.8, 4) is 0 Å². The van der Waals surface area contributed by atoms with Gasteiger partial charge in [-0.2, -0.15) is 0 Å². The third-order valence-corrected chi connectivity index (χ3v) is 4.40. The smallest absolute Gasteiger partial charge is 0.232 e. The van der Waals surface area contributed by atoms with Crippen molar-refractivity contribution in [2.24, 2.45) is 0 Å². The summed E-state index contributed by atoms with van der Waals surface area (Å²) in [7, 11) is 0. The van der Waals surface area contributed by atoms with E-state index < -0.39 is 0 Å². The van der Waals surface area contributed by atoms with Crippen LogP contribution >= 0.6 is 0 Å².